The molecule has 1 aromatic carbocycles. The number of benzene rings is 1. The van der Waals surface area contributed by atoms with Crippen LogP contribution in [0.2, 0.25) is 0 Å². The van der Waals surface area contributed by atoms with Gasteiger partial charge in [0.05, 0.1) is 39.7 Å². The van der Waals surface area contributed by atoms with Crippen LogP contribution in [0.3, 0.4) is 0 Å². The van der Waals surface area contributed by atoms with Crippen LogP contribution >= 0.6 is 22.7 Å². The molecule has 0 aliphatic carbocycles. The van der Waals surface area contributed by atoms with Gasteiger partial charge in [0.25, 0.3) is 11.1 Å². The summed E-state index contributed by atoms with van der Waals surface area (Å²) >= 11 is 2.80. The molecule has 1 fully saturated rings. The number of hydrogen-bond donors (Lipinski definition) is 1. The van der Waals surface area contributed by atoms with Crippen molar-refractivity contribution in [1.29, 1.82) is 0 Å². The highest BCUT2D eigenvalue weighted by atomic mass is 32.1. The molecule has 1 amide bonds. The van der Waals surface area contributed by atoms with Crippen LogP contribution in [0, 0.1) is 6.92 Å². The van der Waals surface area contributed by atoms with Crippen molar-refractivity contribution in [2.75, 3.05) is 32.8 Å². The Morgan fingerprint density at radius 3 is 2.84 bits per heavy atom. The normalized spacial score (nSPS) is 21.0. The number of nitrogens with zero attached hydrogens (tertiary/aromatic N) is 3. The van der Waals surface area contributed by atoms with E-state index in [4.69, 9.17) is 9.47 Å². The SMILES string of the molecule is Cc1nc2ccc(C(=O)N[C@H]3CC[C@H](CCN4CCc5nc(OCC(F)(F)F)sc5CC4)OC3)cc2s1. The van der Waals surface area contributed by atoms with Gasteiger partial charge >= 0.3 is 6.18 Å². The van der Waals surface area contributed by atoms with Gasteiger partial charge in [0.2, 0.25) is 0 Å². The number of ether oxygens (including phenoxy) is 2. The molecule has 3 aromatic rings. The third kappa shape index (κ3) is 6.98. The average Bonchev–Trinajstić information content (AvgIpc) is 3.38. The summed E-state index contributed by atoms with van der Waals surface area (Å²) < 4.78 is 49.1. The Bertz CT molecular complexity index is 1210. The Morgan fingerprint density at radius 2 is 2.05 bits per heavy atom. The van der Waals surface area contributed by atoms with Crippen molar-refractivity contribution in [3.8, 4) is 5.19 Å². The fourth-order valence-electron chi connectivity index (χ4n) is 4.74. The van der Waals surface area contributed by atoms with Crippen molar-refractivity contribution in [2.45, 2.75) is 57.3 Å². The molecule has 0 spiro atoms. The minimum Gasteiger partial charge on any atom is -0.460 e. The summed E-state index contributed by atoms with van der Waals surface area (Å²) in [5.74, 6) is -0.0855. The van der Waals surface area contributed by atoms with E-state index < -0.39 is 12.8 Å². The summed E-state index contributed by atoms with van der Waals surface area (Å²) in [5, 5.41) is 4.19. The van der Waals surface area contributed by atoms with Gasteiger partial charge in [0.15, 0.2) is 6.61 Å². The van der Waals surface area contributed by atoms with Gasteiger partial charge in [-0.05, 0) is 50.8 Å². The maximum atomic E-state index is 12.7. The quantitative estimate of drug-likeness (QED) is 0.454. The van der Waals surface area contributed by atoms with Crippen LogP contribution in [0.15, 0.2) is 18.2 Å². The first-order valence-electron chi connectivity index (χ1n) is 12.4. The number of halogens is 3. The summed E-state index contributed by atoms with van der Waals surface area (Å²) in [4.78, 5) is 24.8. The number of aryl methyl sites for hydroxylation is 1. The van der Waals surface area contributed by atoms with E-state index >= 15 is 0 Å². The predicted molar refractivity (Wildman–Crippen MR) is 137 cm³/mol. The van der Waals surface area contributed by atoms with Crippen molar-refractivity contribution in [3.63, 3.8) is 0 Å². The standard InChI is InChI=1S/C25H29F3N4O3S2/c1-15-29-19-5-2-16(12-22(19)36-15)23(33)30-17-3-4-18(34-13-17)6-9-32-10-7-20-21(8-11-32)37-24(31-20)35-14-25(26,27)28/h2,5,12,17-18H,3-4,6-11,13-14H2,1H3,(H,30,33)/t17-,18+/m0/s1. The van der Waals surface area contributed by atoms with E-state index in [0.29, 0.717) is 18.6 Å². The maximum absolute atomic E-state index is 12.7. The van der Waals surface area contributed by atoms with Crippen LogP contribution in [0.5, 0.6) is 5.19 Å². The molecule has 1 saturated heterocycles. The summed E-state index contributed by atoms with van der Waals surface area (Å²) in [6.45, 7) is 3.69. The number of amides is 1. The molecule has 4 heterocycles. The van der Waals surface area contributed by atoms with Crippen LogP contribution in [0.4, 0.5) is 13.2 Å². The van der Waals surface area contributed by atoms with Gasteiger partial charge in [-0.25, -0.2) is 9.97 Å². The topological polar surface area (TPSA) is 76.6 Å². The van der Waals surface area contributed by atoms with Gasteiger partial charge in [0.1, 0.15) is 0 Å². The largest absolute Gasteiger partial charge is 0.460 e. The number of nitrogens with one attached hydrogen (secondary N) is 1. The number of fused-ring (bicyclic) bond motifs is 2. The second kappa shape index (κ2) is 11.2. The van der Waals surface area contributed by atoms with Crippen LogP contribution in [-0.4, -0.2) is 71.9 Å². The third-order valence-corrected chi connectivity index (χ3v) is 8.67. The Morgan fingerprint density at radius 1 is 1.22 bits per heavy atom. The molecule has 1 N–H and O–H groups in total. The van der Waals surface area contributed by atoms with Crippen LogP contribution in [0.25, 0.3) is 10.2 Å². The highest BCUT2D eigenvalue weighted by molar-refractivity contribution is 7.18. The Labute approximate surface area is 221 Å². The summed E-state index contributed by atoms with van der Waals surface area (Å²) in [5.41, 5.74) is 2.40. The molecule has 0 saturated carbocycles. The molecule has 2 aliphatic heterocycles. The lowest BCUT2D eigenvalue weighted by molar-refractivity contribution is -0.153. The second-order valence-electron chi connectivity index (χ2n) is 9.50. The third-order valence-electron chi connectivity index (χ3n) is 6.67. The lowest BCUT2D eigenvalue weighted by Gasteiger charge is -2.31. The van der Waals surface area contributed by atoms with E-state index in [2.05, 4.69) is 20.2 Å². The number of rotatable bonds is 7. The molecule has 200 valence electrons. The number of hydrogen-bond acceptors (Lipinski definition) is 8. The molecule has 7 nitrogen and oxygen atoms in total. The molecule has 2 aromatic heterocycles. The highest BCUT2D eigenvalue weighted by Gasteiger charge is 2.30. The average molecular weight is 555 g/mol. The lowest BCUT2D eigenvalue weighted by Crippen LogP contribution is -2.43. The Kier molecular flexibility index (Phi) is 7.99. The van der Waals surface area contributed by atoms with Crippen LogP contribution in [-0.2, 0) is 17.6 Å². The van der Waals surface area contributed by atoms with E-state index in [0.717, 1.165) is 71.1 Å². The fourth-order valence-corrected chi connectivity index (χ4v) is 6.55. The Balaban J connectivity index is 1.03. The minimum absolute atomic E-state index is 0.00310. The van der Waals surface area contributed by atoms with Crippen molar-refractivity contribution in [1.82, 2.24) is 20.2 Å². The molecule has 2 atom stereocenters. The zero-order chi connectivity index (χ0) is 26.0. The molecule has 5 rings (SSSR count). The first kappa shape index (κ1) is 26.3. The van der Waals surface area contributed by atoms with Gasteiger partial charge in [0, 0.05) is 36.5 Å². The van der Waals surface area contributed by atoms with E-state index in [1.54, 1.807) is 11.3 Å². The molecule has 12 heteroatoms. The van der Waals surface area contributed by atoms with Gasteiger partial charge in [-0.15, -0.1) is 11.3 Å². The highest BCUT2D eigenvalue weighted by Crippen LogP contribution is 2.30. The summed E-state index contributed by atoms with van der Waals surface area (Å²) in [6.07, 6.45) is -0.0716. The monoisotopic (exact) mass is 554 g/mol. The number of alkyl halides is 3. The Hall–Kier alpha value is -2.28. The fraction of sp³-hybridized carbons (Fsp3) is 0.560. The second-order valence-corrected chi connectivity index (χ2v) is 11.8. The number of aromatic nitrogens is 2. The van der Waals surface area contributed by atoms with Crippen molar-refractivity contribution in [3.05, 3.63) is 39.3 Å². The van der Waals surface area contributed by atoms with Crippen molar-refractivity contribution < 1.29 is 27.4 Å². The molecular formula is C25H29F3N4O3S2. The molecule has 0 bridgehead atoms. The van der Waals surface area contributed by atoms with E-state index in [1.807, 2.05) is 25.1 Å². The van der Waals surface area contributed by atoms with E-state index in [9.17, 15) is 18.0 Å². The smallest absolute Gasteiger partial charge is 0.422 e. The minimum atomic E-state index is -4.36. The molecule has 2 aliphatic rings. The van der Waals surface area contributed by atoms with Gasteiger partial charge in [-0.3, -0.25) is 4.79 Å². The van der Waals surface area contributed by atoms with Gasteiger partial charge < -0.3 is 19.7 Å². The molecule has 0 unspecified atom stereocenters. The molecular weight excluding hydrogens is 525 g/mol. The molecule has 37 heavy (non-hydrogen) atoms. The van der Waals surface area contributed by atoms with E-state index in [-0.39, 0.29) is 23.2 Å². The molecule has 0 radical (unpaired) electrons. The first-order valence-corrected chi connectivity index (χ1v) is 14.1. The first-order chi connectivity index (χ1) is 17.7. The zero-order valence-corrected chi connectivity index (χ0v) is 22.1. The van der Waals surface area contributed by atoms with E-state index in [1.165, 1.54) is 11.3 Å². The predicted octanol–water partition coefficient (Wildman–Crippen LogP) is 4.77. The van der Waals surface area contributed by atoms with Crippen molar-refractivity contribution >= 4 is 38.8 Å². The number of carbonyl (C=O) groups excluding carboxylic acids is 1. The zero-order valence-electron chi connectivity index (χ0n) is 20.5. The van der Waals surface area contributed by atoms with Crippen LogP contribution in [0.1, 0.15) is 45.2 Å². The van der Waals surface area contributed by atoms with Gasteiger partial charge in [-0.2, -0.15) is 13.2 Å². The maximum Gasteiger partial charge on any atom is 0.422 e. The van der Waals surface area contributed by atoms with Crippen molar-refractivity contribution in [2.24, 2.45) is 0 Å². The number of carbonyl (C=O) groups is 1. The summed E-state index contributed by atoms with van der Waals surface area (Å²) in [7, 11) is 0. The van der Waals surface area contributed by atoms with Gasteiger partial charge in [-0.1, -0.05) is 11.3 Å². The number of thiazole rings is 2. The summed E-state index contributed by atoms with van der Waals surface area (Å²) in [6, 6.07) is 5.60. The van der Waals surface area contributed by atoms with Crippen LogP contribution < -0.4 is 10.1 Å². The lowest BCUT2D eigenvalue weighted by atomic mass is 10.0.